The summed E-state index contributed by atoms with van der Waals surface area (Å²) in [5.41, 5.74) is 0.609. The van der Waals surface area contributed by atoms with Gasteiger partial charge in [0.1, 0.15) is 11.6 Å². The molecule has 1 aliphatic carbocycles. The molecule has 20 heavy (non-hydrogen) atoms. The molecule has 1 N–H and O–H groups in total. The van der Waals surface area contributed by atoms with Crippen LogP contribution in [0.15, 0.2) is 18.2 Å². The van der Waals surface area contributed by atoms with Gasteiger partial charge in [-0.15, -0.1) is 0 Å². The van der Waals surface area contributed by atoms with Crippen molar-refractivity contribution in [3.05, 3.63) is 35.4 Å². The van der Waals surface area contributed by atoms with Gasteiger partial charge in [0.25, 0.3) is 0 Å². The van der Waals surface area contributed by atoms with Crippen molar-refractivity contribution >= 4 is 0 Å². The first-order valence-corrected chi connectivity index (χ1v) is 7.89. The Hall–Kier alpha value is -0.960. The Morgan fingerprint density at radius 2 is 2.00 bits per heavy atom. The van der Waals surface area contributed by atoms with E-state index in [2.05, 4.69) is 12.2 Å². The van der Waals surface area contributed by atoms with Crippen LogP contribution in [0.25, 0.3) is 0 Å². The second-order valence-electron chi connectivity index (χ2n) is 5.90. The maximum Gasteiger partial charge on any atom is 0.130 e. The fraction of sp³-hybridized carbons (Fsp3) is 0.647. The van der Waals surface area contributed by atoms with Gasteiger partial charge >= 0.3 is 0 Å². The molecule has 1 saturated carbocycles. The van der Waals surface area contributed by atoms with Crippen LogP contribution in [0.3, 0.4) is 0 Å². The minimum atomic E-state index is -0.503. The number of nitrogens with one attached hydrogen (secondary N) is 1. The summed E-state index contributed by atoms with van der Waals surface area (Å²) in [5, 5.41) is 3.41. The third-order valence-electron chi connectivity index (χ3n) is 4.32. The predicted octanol–water partition coefficient (Wildman–Crippen LogP) is 4.98. The maximum atomic E-state index is 13.9. The molecule has 1 aliphatic rings. The quantitative estimate of drug-likeness (QED) is 0.743. The van der Waals surface area contributed by atoms with Crippen LogP contribution in [0.2, 0.25) is 0 Å². The number of rotatable bonds is 7. The molecule has 1 nitrogen and oxygen atoms in total. The van der Waals surface area contributed by atoms with Crippen molar-refractivity contribution in [2.24, 2.45) is 5.92 Å². The average Bonchev–Trinajstić information content (AvgIpc) is 2.93. The van der Waals surface area contributed by atoms with Gasteiger partial charge < -0.3 is 5.32 Å². The third kappa shape index (κ3) is 4.27. The molecule has 3 heteroatoms. The molecule has 0 amide bonds. The normalized spacial score (nSPS) is 17.6. The standard InChI is InChI=1S/C17H25F2N/c1-2-11-20-17(10-7-13-5-3-4-6-13)15-9-8-14(18)12-16(15)19/h8-9,12-13,17,20H,2-7,10-11H2,1H3. The van der Waals surface area contributed by atoms with E-state index < -0.39 is 11.6 Å². The van der Waals surface area contributed by atoms with Crippen molar-refractivity contribution in [2.45, 2.75) is 57.9 Å². The Morgan fingerprint density at radius 1 is 1.25 bits per heavy atom. The molecule has 112 valence electrons. The van der Waals surface area contributed by atoms with E-state index in [1.165, 1.54) is 31.7 Å². The van der Waals surface area contributed by atoms with Gasteiger partial charge in [-0.05, 0) is 37.8 Å². The Balaban J connectivity index is 2.01. The lowest BCUT2D eigenvalue weighted by Crippen LogP contribution is -2.23. The summed E-state index contributed by atoms with van der Waals surface area (Å²) in [4.78, 5) is 0. The third-order valence-corrected chi connectivity index (χ3v) is 4.32. The maximum absolute atomic E-state index is 13.9. The molecular weight excluding hydrogens is 256 g/mol. The topological polar surface area (TPSA) is 12.0 Å². The van der Waals surface area contributed by atoms with Gasteiger partial charge in [0.05, 0.1) is 0 Å². The minimum Gasteiger partial charge on any atom is -0.310 e. The highest BCUT2D eigenvalue weighted by Gasteiger charge is 2.20. The molecule has 0 aromatic heterocycles. The van der Waals surface area contributed by atoms with Crippen LogP contribution in [0.5, 0.6) is 0 Å². The molecule has 0 spiro atoms. The van der Waals surface area contributed by atoms with Gasteiger partial charge in [-0.1, -0.05) is 38.7 Å². The zero-order valence-corrected chi connectivity index (χ0v) is 12.3. The molecule has 0 aliphatic heterocycles. The van der Waals surface area contributed by atoms with Crippen LogP contribution in [-0.4, -0.2) is 6.54 Å². The van der Waals surface area contributed by atoms with Crippen molar-refractivity contribution in [3.8, 4) is 0 Å². The summed E-state index contributed by atoms with van der Waals surface area (Å²) in [5.74, 6) is -0.134. The molecule has 1 fully saturated rings. The van der Waals surface area contributed by atoms with Crippen molar-refractivity contribution in [2.75, 3.05) is 6.54 Å². The largest absolute Gasteiger partial charge is 0.310 e. The number of hydrogen-bond donors (Lipinski definition) is 1. The van der Waals surface area contributed by atoms with Gasteiger partial charge in [-0.3, -0.25) is 0 Å². The number of halogens is 2. The lowest BCUT2D eigenvalue weighted by molar-refractivity contribution is 0.402. The Bertz CT molecular complexity index is 413. The first-order valence-electron chi connectivity index (χ1n) is 7.89. The van der Waals surface area contributed by atoms with E-state index in [1.54, 1.807) is 6.07 Å². The van der Waals surface area contributed by atoms with Crippen LogP contribution in [0, 0.1) is 17.6 Å². The lowest BCUT2D eigenvalue weighted by Gasteiger charge is -2.21. The molecule has 2 rings (SSSR count). The van der Waals surface area contributed by atoms with E-state index in [1.807, 2.05) is 0 Å². The molecule has 0 heterocycles. The highest BCUT2D eigenvalue weighted by molar-refractivity contribution is 5.22. The van der Waals surface area contributed by atoms with E-state index in [0.717, 1.165) is 37.8 Å². The van der Waals surface area contributed by atoms with Crippen LogP contribution in [-0.2, 0) is 0 Å². The summed E-state index contributed by atoms with van der Waals surface area (Å²) in [6.45, 7) is 2.97. The highest BCUT2D eigenvalue weighted by atomic mass is 19.1. The van der Waals surface area contributed by atoms with E-state index in [0.29, 0.717) is 5.56 Å². The Kier molecular flexibility index (Phi) is 5.96. The monoisotopic (exact) mass is 281 g/mol. The smallest absolute Gasteiger partial charge is 0.130 e. The molecule has 1 aromatic carbocycles. The lowest BCUT2D eigenvalue weighted by atomic mass is 9.94. The molecule has 1 atom stereocenters. The molecular formula is C17H25F2N. The van der Waals surface area contributed by atoms with Gasteiger partial charge in [0.2, 0.25) is 0 Å². The molecule has 1 unspecified atom stereocenters. The second-order valence-corrected chi connectivity index (χ2v) is 5.90. The summed E-state index contributed by atoms with van der Waals surface area (Å²) >= 11 is 0. The van der Waals surface area contributed by atoms with E-state index in [4.69, 9.17) is 0 Å². The molecule has 0 bridgehead atoms. The summed E-state index contributed by atoms with van der Waals surface area (Å²) in [6, 6.07) is 3.95. The Labute approximate surface area is 120 Å². The van der Waals surface area contributed by atoms with Crippen molar-refractivity contribution < 1.29 is 8.78 Å². The molecule has 0 radical (unpaired) electrons. The van der Waals surface area contributed by atoms with Gasteiger partial charge in [-0.2, -0.15) is 0 Å². The zero-order chi connectivity index (χ0) is 14.4. The fourth-order valence-electron chi connectivity index (χ4n) is 3.17. The Morgan fingerprint density at radius 3 is 2.65 bits per heavy atom. The van der Waals surface area contributed by atoms with E-state index >= 15 is 0 Å². The van der Waals surface area contributed by atoms with Crippen molar-refractivity contribution in [1.82, 2.24) is 5.32 Å². The van der Waals surface area contributed by atoms with Crippen molar-refractivity contribution in [1.29, 1.82) is 0 Å². The van der Waals surface area contributed by atoms with E-state index in [9.17, 15) is 8.78 Å². The van der Waals surface area contributed by atoms with Crippen LogP contribution >= 0.6 is 0 Å². The van der Waals surface area contributed by atoms with Gasteiger partial charge in [0.15, 0.2) is 0 Å². The molecule has 0 saturated heterocycles. The first-order chi connectivity index (χ1) is 9.70. The van der Waals surface area contributed by atoms with Crippen LogP contribution in [0.4, 0.5) is 8.78 Å². The summed E-state index contributed by atoms with van der Waals surface area (Å²) < 4.78 is 27.0. The first kappa shape index (κ1) is 15.4. The predicted molar refractivity (Wildman–Crippen MR) is 78.6 cm³/mol. The summed E-state index contributed by atoms with van der Waals surface area (Å²) in [6.07, 6.45) is 8.39. The second kappa shape index (κ2) is 7.72. The number of hydrogen-bond acceptors (Lipinski definition) is 1. The average molecular weight is 281 g/mol. The van der Waals surface area contributed by atoms with Crippen LogP contribution < -0.4 is 5.32 Å². The fourth-order valence-corrected chi connectivity index (χ4v) is 3.17. The van der Waals surface area contributed by atoms with Crippen LogP contribution in [0.1, 0.15) is 63.5 Å². The van der Waals surface area contributed by atoms with Crippen molar-refractivity contribution in [3.63, 3.8) is 0 Å². The SMILES string of the molecule is CCCNC(CCC1CCCC1)c1ccc(F)cc1F. The van der Waals surface area contributed by atoms with Gasteiger partial charge in [0, 0.05) is 17.7 Å². The van der Waals surface area contributed by atoms with Gasteiger partial charge in [-0.25, -0.2) is 8.78 Å². The number of benzene rings is 1. The highest BCUT2D eigenvalue weighted by Crippen LogP contribution is 2.32. The zero-order valence-electron chi connectivity index (χ0n) is 12.3. The summed E-state index contributed by atoms with van der Waals surface area (Å²) in [7, 11) is 0. The molecule has 1 aromatic rings. The van der Waals surface area contributed by atoms with E-state index in [-0.39, 0.29) is 6.04 Å². The minimum absolute atomic E-state index is 0.0103.